The van der Waals surface area contributed by atoms with Gasteiger partial charge in [0.05, 0.1) is 6.04 Å². The summed E-state index contributed by atoms with van der Waals surface area (Å²) < 4.78 is 6.43. The average molecular weight is 446 g/mol. The van der Waals surface area contributed by atoms with E-state index in [2.05, 4.69) is 25.3 Å². The Morgan fingerprint density at radius 3 is 2.43 bits per heavy atom. The zero-order valence-corrected chi connectivity index (χ0v) is 19.1. The molecule has 0 spiro atoms. The Hall–Kier alpha value is -1.81. The molecule has 0 N–H and O–H groups in total. The van der Waals surface area contributed by atoms with E-state index in [4.69, 9.17) is 27.9 Å². The van der Waals surface area contributed by atoms with Crippen LogP contribution in [0, 0.1) is 0 Å². The van der Waals surface area contributed by atoms with Gasteiger partial charge in [0.25, 0.3) is 5.91 Å². The Labute approximate surface area is 189 Å². The lowest BCUT2D eigenvalue weighted by atomic mass is 9.88. The van der Waals surface area contributed by atoms with Gasteiger partial charge in [-0.25, -0.2) is 0 Å². The Kier molecular flexibility index (Phi) is 7.99. The zero-order valence-electron chi connectivity index (χ0n) is 17.6. The molecule has 1 unspecified atom stereocenters. The number of hydrogen-bond acceptors (Lipinski definition) is 2. The van der Waals surface area contributed by atoms with Gasteiger partial charge in [-0.15, -0.1) is 6.58 Å². The molecule has 1 fully saturated rings. The molecule has 5 heteroatoms. The highest BCUT2D eigenvalue weighted by molar-refractivity contribution is 6.30. The molecule has 0 radical (unpaired) electrons. The summed E-state index contributed by atoms with van der Waals surface area (Å²) in [6, 6.07) is 15.3. The predicted molar refractivity (Wildman–Crippen MR) is 124 cm³/mol. The summed E-state index contributed by atoms with van der Waals surface area (Å²) in [5.74, 6) is 0.0217. The van der Waals surface area contributed by atoms with Gasteiger partial charge >= 0.3 is 0 Å². The van der Waals surface area contributed by atoms with E-state index >= 15 is 0 Å². The number of carbonyl (C=O) groups is 1. The topological polar surface area (TPSA) is 29.5 Å². The minimum absolute atomic E-state index is 0.0217. The predicted octanol–water partition coefficient (Wildman–Crippen LogP) is 7.16. The first-order valence-corrected chi connectivity index (χ1v) is 11.3. The zero-order chi connectivity index (χ0) is 21.7. The van der Waals surface area contributed by atoms with Crippen molar-refractivity contribution < 1.29 is 9.53 Å². The number of ether oxygens (including phenoxy) is 1. The van der Waals surface area contributed by atoms with Crippen LogP contribution in [0.2, 0.25) is 10.0 Å². The number of hydrogen-bond donors (Lipinski definition) is 0. The molecule has 1 aliphatic rings. The largest absolute Gasteiger partial charge is 0.358 e. The monoisotopic (exact) mass is 445 g/mol. The van der Waals surface area contributed by atoms with E-state index in [9.17, 15) is 4.79 Å². The van der Waals surface area contributed by atoms with E-state index in [0.717, 1.165) is 30.4 Å². The van der Waals surface area contributed by atoms with Crippen molar-refractivity contribution in [3.8, 4) is 0 Å². The maximum Gasteiger partial charge on any atom is 0.252 e. The smallest absolute Gasteiger partial charge is 0.252 e. The van der Waals surface area contributed by atoms with Gasteiger partial charge in [-0.05, 0) is 48.2 Å². The van der Waals surface area contributed by atoms with Crippen molar-refractivity contribution >= 4 is 29.1 Å². The molecule has 0 bridgehead atoms. The Bertz CT molecular complexity index is 868. The highest BCUT2D eigenvalue weighted by atomic mass is 35.5. The fourth-order valence-corrected chi connectivity index (χ4v) is 4.61. The third-order valence-electron chi connectivity index (χ3n) is 5.68. The number of carbonyl (C=O) groups excluding carboxylic acids is 1. The minimum Gasteiger partial charge on any atom is -0.358 e. The molecule has 0 saturated carbocycles. The minimum atomic E-state index is -0.555. The van der Waals surface area contributed by atoms with Crippen LogP contribution in [0.4, 0.5) is 0 Å². The van der Waals surface area contributed by atoms with Crippen molar-refractivity contribution in [2.45, 2.75) is 63.8 Å². The van der Waals surface area contributed by atoms with Crippen molar-refractivity contribution in [3.05, 3.63) is 82.4 Å². The number of benzene rings is 2. The summed E-state index contributed by atoms with van der Waals surface area (Å²) in [5.41, 5.74) is 1.96. The molecule has 30 heavy (non-hydrogen) atoms. The van der Waals surface area contributed by atoms with Gasteiger partial charge in [-0.1, -0.05) is 73.8 Å². The molecule has 1 heterocycles. The summed E-state index contributed by atoms with van der Waals surface area (Å²) in [4.78, 5) is 15.6. The fraction of sp³-hybridized carbons (Fsp3) is 0.400. The second-order valence-electron chi connectivity index (χ2n) is 7.72. The molecule has 160 valence electrons. The van der Waals surface area contributed by atoms with Crippen LogP contribution in [0.1, 0.15) is 62.8 Å². The van der Waals surface area contributed by atoms with Crippen LogP contribution in [0.3, 0.4) is 0 Å². The molecule has 2 aromatic rings. The number of amides is 1. The molecule has 0 aliphatic carbocycles. The molecule has 1 amide bonds. The molecule has 2 aromatic carbocycles. The first kappa shape index (κ1) is 22.9. The maximum atomic E-state index is 13.6. The third kappa shape index (κ3) is 4.91. The van der Waals surface area contributed by atoms with Crippen molar-refractivity contribution in [2.75, 3.05) is 0 Å². The average Bonchev–Trinajstić information content (AvgIpc) is 2.74. The van der Waals surface area contributed by atoms with Gasteiger partial charge in [0.1, 0.15) is 12.2 Å². The quantitative estimate of drug-likeness (QED) is 0.403. The first-order valence-electron chi connectivity index (χ1n) is 10.6. The molecule has 3 rings (SSSR count). The van der Waals surface area contributed by atoms with Crippen molar-refractivity contribution in [2.24, 2.45) is 0 Å². The van der Waals surface area contributed by atoms with E-state index in [1.54, 1.807) is 6.08 Å². The standard InChI is InChI=1S/C25H29Cl2NO2/c1-4-8-21(6-3)28-23(17-12-14-19(26)15-13-17)24(18-10-7-11-20(27)16-18)30-22(9-5-2)25(28)29/h5,7,10-16,21-24H,2,4,6,8-9H2,1,3H3/t21?,22-,23+,24-/m0/s1. The Morgan fingerprint density at radius 1 is 1.10 bits per heavy atom. The molecular formula is C25H29Cl2NO2. The second kappa shape index (κ2) is 10.5. The third-order valence-corrected chi connectivity index (χ3v) is 6.17. The van der Waals surface area contributed by atoms with E-state index in [1.165, 1.54) is 0 Å². The molecular weight excluding hydrogens is 417 g/mol. The van der Waals surface area contributed by atoms with Crippen LogP contribution in [-0.2, 0) is 9.53 Å². The highest BCUT2D eigenvalue weighted by Gasteiger charge is 2.45. The summed E-state index contributed by atoms with van der Waals surface area (Å²) in [6.45, 7) is 8.12. The van der Waals surface area contributed by atoms with E-state index in [1.807, 2.05) is 48.5 Å². The van der Waals surface area contributed by atoms with Crippen molar-refractivity contribution in [3.63, 3.8) is 0 Å². The maximum absolute atomic E-state index is 13.6. The molecule has 4 atom stereocenters. The van der Waals surface area contributed by atoms with Gasteiger partial charge < -0.3 is 9.64 Å². The molecule has 1 aliphatic heterocycles. The summed E-state index contributed by atoms with van der Waals surface area (Å²) in [6.07, 6.45) is 4.16. The van der Waals surface area contributed by atoms with Crippen LogP contribution >= 0.6 is 23.2 Å². The lowest BCUT2D eigenvalue weighted by Crippen LogP contribution is -2.54. The van der Waals surface area contributed by atoms with Crippen LogP contribution in [0.15, 0.2) is 61.2 Å². The lowest BCUT2D eigenvalue weighted by Gasteiger charge is -2.48. The lowest BCUT2D eigenvalue weighted by molar-refractivity contribution is -0.179. The van der Waals surface area contributed by atoms with Crippen LogP contribution in [-0.4, -0.2) is 23.0 Å². The van der Waals surface area contributed by atoms with E-state index < -0.39 is 6.10 Å². The number of halogens is 2. The number of rotatable bonds is 8. The number of nitrogens with zero attached hydrogens (tertiary/aromatic N) is 1. The Morgan fingerprint density at radius 2 is 1.83 bits per heavy atom. The van der Waals surface area contributed by atoms with Crippen LogP contribution in [0.5, 0.6) is 0 Å². The van der Waals surface area contributed by atoms with E-state index in [0.29, 0.717) is 16.5 Å². The second-order valence-corrected chi connectivity index (χ2v) is 8.59. The summed E-state index contributed by atoms with van der Waals surface area (Å²) in [5, 5.41) is 1.31. The highest BCUT2D eigenvalue weighted by Crippen LogP contribution is 2.45. The van der Waals surface area contributed by atoms with Gasteiger partial charge in [0.15, 0.2) is 0 Å². The summed E-state index contributed by atoms with van der Waals surface area (Å²) >= 11 is 12.5. The van der Waals surface area contributed by atoms with Gasteiger partial charge in [-0.2, -0.15) is 0 Å². The molecule has 1 saturated heterocycles. The van der Waals surface area contributed by atoms with Gasteiger partial charge in [0.2, 0.25) is 0 Å². The number of morpholine rings is 1. The van der Waals surface area contributed by atoms with Crippen molar-refractivity contribution in [1.82, 2.24) is 4.90 Å². The molecule has 0 aromatic heterocycles. The van der Waals surface area contributed by atoms with E-state index in [-0.39, 0.29) is 24.1 Å². The van der Waals surface area contributed by atoms with Crippen LogP contribution in [0.25, 0.3) is 0 Å². The van der Waals surface area contributed by atoms with Crippen LogP contribution < -0.4 is 0 Å². The Balaban J connectivity index is 2.16. The first-order chi connectivity index (χ1) is 14.5. The molecule has 3 nitrogen and oxygen atoms in total. The SMILES string of the molecule is C=CC[C@@H]1O[C@@H](c2cccc(Cl)c2)[C@@H](c2ccc(Cl)cc2)N(C(CC)CCC)C1=O. The normalized spacial score (nSPS) is 22.7. The van der Waals surface area contributed by atoms with Gasteiger partial charge in [0, 0.05) is 22.5 Å². The summed E-state index contributed by atoms with van der Waals surface area (Å²) in [7, 11) is 0. The van der Waals surface area contributed by atoms with Crippen molar-refractivity contribution in [1.29, 1.82) is 0 Å². The van der Waals surface area contributed by atoms with Gasteiger partial charge in [-0.3, -0.25) is 4.79 Å². The fourth-order valence-electron chi connectivity index (χ4n) is 4.29.